The highest BCUT2D eigenvalue weighted by atomic mass is 16.5. The highest BCUT2D eigenvalue weighted by Crippen LogP contribution is 2.18. The van der Waals surface area contributed by atoms with Crippen molar-refractivity contribution in [1.82, 2.24) is 0 Å². The van der Waals surface area contributed by atoms with Gasteiger partial charge in [0.25, 0.3) is 0 Å². The normalized spacial score (nSPS) is 12.6. The molecule has 0 bridgehead atoms. The number of rotatable bonds is 5. The molecule has 1 unspecified atom stereocenters. The molecule has 2 rings (SSSR count). The molecule has 2 heteroatoms. The highest BCUT2D eigenvalue weighted by Gasteiger charge is 2.01. The average molecular weight is 229 g/mol. The van der Waals surface area contributed by atoms with E-state index in [2.05, 4.69) is 54.7 Å². The molecule has 0 fully saturated rings. The highest BCUT2D eigenvalue weighted by molar-refractivity contribution is 5.85. The van der Waals surface area contributed by atoms with Crippen molar-refractivity contribution in [3.63, 3.8) is 0 Å². The molecule has 0 heterocycles. The summed E-state index contributed by atoms with van der Waals surface area (Å²) in [6.07, 6.45) is 0. The monoisotopic (exact) mass is 229 g/mol. The molecule has 17 heavy (non-hydrogen) atoms. The summed E-state index contributed by atoms with van der Waals surface area (Å²) in [6.45, 7) is 3.91. The van der Waals surface area contributed by atoms with Gasteiger partial charge in [-0.3, -0.25) is 0 Å². The van der Waals surface area contributed by atoms with Crippen molar-refractivity contribution in [1.29, 1.82) is 0 Å². The first-order chi connectivity index (χ1) is 8.29. The van der Waals surface area contributed by atoms with Crippen molar-refractivity contribution in [2.75, 3.05) is 25.6 Å². The average Bonchev–Trinajstić information content (AvgIpc) is 2.36. The molecule has 0 aliphatic heterocycles. The Bertz CT molecular complexity index is 481. The molecule has 0 aliphatic rings. The Hall–Kier alpha value is -1.54. The third kappa shape index (κ3) is 3.21. The predicted molar refractivity (Wildman–Crippen MR) is 73.5 cm³/mol. The van der Waals surface area contributed by atoms with Gasteiger partial charge in [0.05, 0.1) is 6.61 Å². The number of hydrogen-bond acceptors (Lipinski definition) is 2. The van der Waals surface area contributed by atoms with Crippen LogP contribution in [0.1, 0.15) is 6.92 Å². The Labute approximate surface area is 103 Å². The SMILES string of the molecule is COCC(C)CNc1ccc2ccccc2c1. The van der Waals surface area contributed by atoms with Crippen LogP contribution in [0.3, 0.4) is 0 Å². The molecule has 0 amide bonds. The van der Waals surface area contributed by atoms with Crippen molar-refractivity contribution < 1.29 is 4.74 Å². The van der Waals surface area contributed by atoms with Gasteiger partial charge in [0.2, 0.25) is 0 Å². The maximum absolute atomic E-state index is 5.12. The van der Waals surface area contributed by atoms with E-state index in [-0.39, 0.29) is 0 Å². The molecule has 0 spiro atoms. The van der Waals surface area contributed by atoms with E-state index >= 15 is 0 Å². The van der Waals surface area contributed by atoms with Crippen LogP contribution in [-0.2, 0) is 4.74 Å². The van der Waals surface area contributed by atoms with Gasteiger partial charge in [-0.1, -0.05) is 37.3 Å². The third-order valence-corrected chi connectivity index (χ3v) is 2.86. The van der Waals surface area contributed by atoms with Crippen molar-refractivity contribution in [2.24, 2.45) is 5.92 Å². The Morgan fingerprint density at radius 3 is 2.65 bits per heavy atom. The number of fused-ring (bicyclic) bond motifs is 1. The van der Waals surface area contributed by atoms with Crippen LogP contribution in [0.15, 0.2) is 42.5 Å². The second-order valence-corrected chi connectivity index (χ2v) is 4.50. The summed E-state index contributed by atoms with van der Waals surface area (Å²) >= 11 is 0. The zero-order chi connectivity index (χ0) is 12.1. The van der Waals surface area contributed by atoms with Gasteiger partial charge in [0, 0.05) is 19.3 Å². The zero-order valence-electron chi connectivity index (χ0n) is 10.4. The molecule has 0 radical (unpaired) electrons. The second kappa shape index (κ2) is 5.69. The lowest BCUT2D eigenvalue weighted by Crippen LogP contribution is -2.15. The Morgan fingerprint density at radius 2 is 1.88 bits per heavy atom. The lowest BCUT2D eigenvalue weighted by molar-refractivity contribution is 0.164. The number of methoxy groups -OCH3 is 1. The van der Waals surface area contributed by atoms with Crippen LogP contribution in [0, 0.1) is 5.92 Å². The fourth-order valence-corrected chi connectivity index (χ4v) is 1.93. The quantitative estimate of drug-likeness (QED) is 0.846. The van der Waals surface area contributed by atoms with E-state index in [9.17, 15) is 0 Å². The molecule has 0 aromatic heterocycles. The first kappa shape index (κ1) is 11.9. The van der Waals surface area contributed by atoms with Crippen LogP contribution in [0.5, 0.6) is 0 Å². The van der Waals surface area contributed by atoms with E-state index in [1.165, 1.54) is 16.5 Å². The number of hydrogen-bond donors (Lipinski definition) is 1. The molecule has 2 aromatic carbocycles. The summed E-state index contributed by atoms with van der Waals surface area (Å²) in [4.78, 5) is 0. The van der Waals surface area contributed by atoms with Crippen LogP contribution < -0.4 is 5.32 Å². The Kier molecular flexibility index (Phi) is 3.99. The zero-order valence-corrected chi connectivity index (χ0v) is 10.4. The van der Waals surface area contributed by atoms with E-state index in [1.54, 1.807) is 7.11 Å². The second-order valence-electron chi connectivity index (χ2n) is 4.50. The number of anilines is 1. The molecule has 2 aromatic rings. The first-order valence-electron chi connectivity index (χ1n) is 6.01. The van der Waals surface area contributed by atoms with E-state index in [0.717, 1.165) is 13.2 Å². The molecular weight excluding hydrogens is 210 g/mol. The maximum atomic E-state index is 5.12. The summed E-state index contributed by atoms with van der Waals surface area (Å²) in [7, 11) is 1.74. The number of nitrogens with one attached hydrogen (secondary N) is 1. The van der Waals surface area contributed by atoms with Crippen molar-refractivity contribution in [2.45, 2.75) is 6.92 Å². The summed E-state index contributed by atoms with van der Waals surface area (Å²) in [5, 5.41) is 6.00. The molecule has 90 valence electrons. The van der Waals surface area contributed by atoms with Crippen LogP contribution in [0.4, 0.5) is 5.69 Å². The lowest BCUT2D eigenvalue weighted by atomic mass is 10.1. The summed E-state index contributed by atoms with van der Waals surface area (Å²) < 4.78 is 5.12. The third-order valence-electron chi connectivity index (χ3n) is 2.86. The summed E-state index contributed by atoms with van der Waals surface area (Å²) in [5.74, 6) is 0.520. The van der Waals surface area contributed by atoms with Crippen LogP contribution in [0.2, 0.25) is 0 Å². The minimum Gasteiger partial charge on any atom is -0.385 e. The van der Waals surface area contributed by atoms with Crippen LogP contribution in [0.25, 0.3) is 10.8 Å². The van der Waals surface area contributed by atoms with Gasteiger partial charge in [0.1, 0.15) is 0 Å². The molecule has 0 aliphatic carbocycles. The van der Waals surface area contributed by atoms with Gasteiger partial charge in [-0.05, 0) is 28.8 Å². The minimum atomic E-state index is 0.520. The number of ether oxygens (including phenoxy) is 1. The molecule has 0 saturated heterocycles. The van der Waals surface area contributed by atoms with E-state index in [0.29, 0.717) is 5.92 Å². The van der Waals surface area contributed by atoms with Crippen molar-refractivity contribution in [3.05, 3.63) is 42.5 Å². The van der Waals surface area contributed by atoms with E-state index in [4.69, 9.17) is 4.74 Å². The Morgan fingerprint density at radius 1 is 1.12 bits per heavy atom. The standard InChI is InChI=1S/C15H19NO/c1-12(11-17-2)10-16-15-8-7-13-5-3-4-6-14(13)9-15/h3-9,12,16H,10-11H2,1-2H3. The van der Waals surface area contributed by atoms with Gasteiger partial charge < -0.3 is 10.1 Å². The smallest absolute Gasteiger partial charge is 0.0504 e. The van der Waals surface area contributed by atoms with Crippen LogP contribution in [-0.4, -0.2) is 20.3 Å². The fraction of sp³-hybridized carbons (Fsp3) is 0.333. The fourth-order valence-electron chi connectivity index (χ4n) is 1.93. The van der Waals surface area contributed by atoms with Gasteiger partial charge >= 0.3 is 0 Å². The van der Waals surface area contributed by atoms with Gasteiger partial charge in [-0.2, -0.15) is 0 Å². The molecule has 2 nitrogen and oxygen atoms in total. The minimum absolute atomic E-state index is 0.520. The van der Waals surface area contributed by atoms with Crippen molar-refractivity contribution >= 4 is 16.5 Å². The topological polar surface area (TPSA) is 21.3 Å². The summed E-state index contributed by atoms with van der Waals surface area (Å²) in [6, 6.07) is 14.9. The number of benzene rings is 2. The Balaban J connectivity index is 2.04. The van der Waals surface area contributed by atoms with Gasteiger partial charge in [0.15, 0.2) is 0 Å². The van der Waals surface area contributed by atoms with Gasteiger partial charge in [-0.25, -0.2) is 0 Å². The molecule has 0 saturated carbocycles. The van der Waals surface area contributed by atoms with Crippen molar-refractivity contribution in [3.8, 4) is 0 Å². The molecule has 1 atom stereocenters. The maximum Gasteiger partial charge on any atom is 0.0504 e. The summed E-state index contributed by atoms with van der Waals surface area (Å²) in [5.41, 5.74) is 1.17. The first-order valence-corrected chi connectivity index (χ1v) is 6.01. The van der Waals surface area contributed by atoms with Crippen LogP contribution >= 0.6 is 0 Å². The predicted octanol–water partition coefficient (Wildman–Crippen LogP) is 3.53. The van der Waals surface area contributed by atoms with E-state index in [1.807, 2.05) is 0 Å². The lowest BCUT2D eigenvalue weighted by Gasteiger charge is -2.13. The molecule has 1 N–H and O–H groups in total. The van der Waals surface area contributed by atoms with E-state index < -0.39 is 0 Å². The van der Waals surface area contributed by atoms with Gasteiger partial charge in [-0.15, -0.1) is 0 Å². The largest absolute Gasteiger partial charge is 0.385 e. The molecular formula is C15H19NO.